The minimum absolute atomic E-state index is 0.0293. The third kappa shape index (κ3) is 5.16. The Morgan fingerprint density at radius 2 is 1.50 bits per heavy atom. The van der Waals surface area contributed by atoms with Crippen LogP contribution in [0.2, 0.25) is 0 Å². The summed E-state index contributed by atoms with van der Waals surface area (Å²) in [5.41, 5.74) is 5.86. The number of carbonyl (C=O) groups is 2. The van der Waals surface area contributed by atoms with Crippen molar-refractivity contribution < 1.29 is 22.8 Å². The molecule has 3 aromatic rings. The van der Waals surface area contributed by atoms with Crippen molar-refractivity contribution in [2.75, 3.05) is 10.6 Å². The van der Waals surface area contributed by atoms with Gasteiger partial charge in [0.1, 0.15) is 6.04 Å². The van der Waals surface area contributed by atoms with E-state index in [0.29, 0.717) is 16.8 Å². The summed E-state index contributed by atoms with van der Waals surface area (Å²) in [7, 11) is 0. The molecule has 0 saturated heterocycles. The van der Waals surface area contributed by atoms with Crippen LogP contribution in [0, 0.1) is 0 Å². The Labute approximate surface area is 170 Å². The molecule has 3 rings (SSSR count). The number of carbonyl (C=O) groups excluding carboxylic acids is 2. The molecule has 5 nitrogen and oxygen atoms in total. The number of rotatable bonds is 6. The Balaban J connectivity index is 1.85. The number of alkyl halides is 3. The van der Waals surface area contributed by atoms with Crippen molar-refractivity contribution in [2.45, 2.75) is 12.2 Å². The Hall–Kier alpha value is -3.81. The van der Waals surface area contributed by atoms with Crippen LogP contribution < -0.4 is 16.4 Å². The second-order valence-electron chi connectivity index (χ2n) is 6.50. The SMILES string of the molecule is NC(=O)c1ccc(N[C@@H](C(=O)Nc2cccc(C(F)(F)F)c2)c2ccccc2)cc1. The first-order valence-electron chi connectivity index (χ1n) is 8.93. The van der Waals surface area contributed by atoms with Gasteiger partial charge < -0.3 is 16.4 Å². The third-order valence-corrected chi connectivity index (χ3v) is 4.33. The van der Waals surface area contributed by atoms with Crippen LogP contribution in [0.3, 0.4) is 0 Å². The third-order valence-electron chi connectivity index (χ3n) is 4.33. The highest BCUT2D eigenvalue weighted by Crippen LogP contribution is 2.31. The maximum Gasteiger partial charge on any atom is 0.416 e. The summed E-state index contributed by atoms with van der Waals surface area (Å²) in [6.45, 7) is 0. The molecule has 30 heavy (non-hydrogen) atoms. The lowest BCUT2D eigenvalue weighted by Gasteiger charge is -2.20. The molecule has 0 bridgehead atoms. The first kappa shape index (κ1) is 20.9. The fourth-order valence-corrected chi connectivity index (χ4v) is 2.83. The lowest BCUT2D eigenvalue weighted by Crippen LogP contribution is -2.27. The number of benzene rings is 3. The van der Waals surface area contributed by atoms with Gasteiger partial charge in [0.05, 0.1) is 5.56 Å². The predicted molar refractivity (Wildman–Crippen MR) is 108 cm³/mol. The number of anilines is 2. The van der Waals surface area contributed by atoms with Crippen molar-refractivity contribution in [1.82, 2.24) is 0 Å². The molecule has 0 fully saturated rings. The Bertz CT molecular complexity index is 1040. The van der Waals surface area contributed by atoms with Gasteiger partial charge in [0, 0.05) is 16.9 Å². The van der Waals surface area contributed by atoms with Crippen molar-refractivity contribution in [3.05, 3.63) is 95.6 Å². The van der Waals surface area contributed by atoms with Crippen LogP contribution in [0.4, 0.5) is 24.5 Å². The molecule has 0 aliphatic carbocycles. The summed E-state index contributed by atoms with van der Waals surface area (Å²) in [4.78, 5) is 24.1. The fraction of sp³-hybridized carbons (Fsp3) is 0.0909. The molecule has 2 amide bonds. The zero-order chi connectivity index (χ0) is 21.7. The molecular formula is C22H18F3N3O2. The van der Waals surface area contributed by atoms with Gasteiger partial charge in [-0.3, -0.25) is 9.59 Å². The highest BCUT2D eigenvalue weighted by Gasteiger charge is 2.30. The summed E-state index contributed by atoms with van der Waals surface area (Å²) in [5, 5.41) is 5.57. The summed E-state index contributed by atoms with van der Waals surface area (Å²) in [6.07, 6.45) is -4.51. The topological polar surface area (TPSA) is 84.2 Å². The molecule has 8 heteroatoms. The van der Waals surface area contributed by atoms with Gasteiger partial charge in [0.25, 0.3) is 5.91 Å². The van der Waals surface area contributed by atoms with Crippen LogP contribution in [-0.2, 0) is 11.0 Å². The minimum atomic E-state index is -4.51. The van der Waals surface area contributed by atoms with Crippen LogP contribution in [0.1, 0.15) is 27.5 Å². The Kier molecular flexibility index (Phi) is 6.06. The van der Waals surface area contributed by atoms with Crippen molar-refractivity contribution in [3.8, 4) is 0 Å². The van der Waals surface area contributed by atoms with E-state index in [-0.39, 0.29) is 5.69 Å². The van der Waals surface area contributed by atoms with Crippen LogP contribution in [-0.4, -0.2) is 11.8 Å². The van der Waals surface area contributed by atoms with E-state index >= 15 is 0 Å². The first-order chi connectivity index (χ1) is 14.2. The maximum atomic E-state index is 12.9. The van der Waals surface area contributed by atoms with E-state index in [4.69, 9.17) is 5.73 Å². The highest BCUT2D eigenvalue weighted by molar-refractivity contribution is 5.97. The average Bonchev–Trinajstić information content (AvgIpc) is 2.72. The van der Waals surface area contributed by atoms with E-state index in [1.165, 1.54) is 24.3 Å². The molecule has 0 unspecified atom stereocenters. The van der Waals surface area contributed by atoms with Gasteiger partial charge in [0.2, 0.25) is 5.91 Å². The molecular weight excluding hydrogens is 395 g/mol. The maximum absolute atomic E-state index is 12.9. The number of halogens is 3. The van der Waals surface area contributed by atoms with Gasteiger partial charge in [-0.25, -0.2) is 0 Å². The van der Waals surface area contributed by atoms with Gasteiger partial charge in [0.15, 0.2) is 0 Å². The Morgan fingerprint density at radius 3 is 2.10 bits per heavy atom. The lowest BCUT2D eigenvalue weighted by atomic mass is 10.0. The largest absolute Gasteiger partial charge is 0.416 e. The quantitative estimate of drug-likeness (QED) is 0.552. The molecule has 1 atom stereocenters. The van der Waals surface area contributed by atoms with E-state index in [2.05, 4.69) is 10.6 Å². The second kappa shape index (κ2) is 8.69. The van der Waals surface area contributed by atoms with E-state index in [1.807, 2.05) is 0 Å². The van der Waals surface area contributed by atoms with E-state index in [1.54, 1.807) is 42.5 Å². The summed E-state index contributed by atoms with van der Waals surface area (Å²) in [6, 6.07) is 18.5. The zero-order valence-electron chi connectivity index (χ0n) is 15.6. The summed E-state index contributed by atoms with van der Waals surface area (Å²) < 4.78 is 38.8. The number of nitrogens with one attached hydrogen (secondary N) is 2. The molecule has 4 N–H and O–H groups in total. The molecule has 0 saturated carbocycles. The van der Waals surface area contributed by atoms with Crippen LogP contribution in [0.15, 0.2) is 78.9 Å². The monoisotopic (exact) mass is 413 g/mol. The van der Waals surface area contributed by atoms with Gasteiger partial charge in [-0.1, -0.05) is 36.4 Å². The number of amides is 2. The molecule has 0 radical (unpaired) electrons. The van der Waals surface area contributed by atoms with Crippen molar-refractivity contribution in [3.63, 3.8) is 0 Å². The van der Waals surface area contributed by atoms with Gasteiger partial charge in [-0.2, -0.15) is 13.2 Å². The summed E-state index contributed by atoms with van der Waals surface area (Å²) in [5.74, 6) is -1.12. The van der Waals surface area contributed by atoms with Crippen molar-refractivity contribution in [1.29, 1.82) is 0 Å². The van der Waals surface area contributed by atoms with Crippen LogP contribution in [0.25, 0.3) is 0 Å². The van der Waals surface area contributed by atoms with Gasteiger partial charge >= 0.3 is 6.18 Å². The van der Waals surface area contributed by atoms with E-state index in [0.717, 1.165) is 12.1 Å². The van der Waals surface area contributed by atoms with Crippen LogP contribution in [0.5, 0.6) is 0 Å². The van der Waals surface area contributed by atoms with Crippen LogP contribution >= 0.6 is 0 Å². The molecule has 0 spiro atoms. The molecule has 0 aromatic heterocycles. The number of hydrogen-bond acceptors (Lipinski definition) is 3. The number of hydrogen-bond donors (Lipinski definition) is 3. The van der Waals surface area contributed by atoms with E-state index < -0.39 is 29.6 Å². The fourth-order valence-electron chi connectivity index (χ4n) is 2.83. The van der Waals surface area contributed by atoms with Gasteiger partial charge in [-0.05, 0) is 48.0 Å². The van der Waals surface area contributed by atoms with Crippen molar-refractivity contribution >= 4 is 23.2 Å². The highest BCUT2D eigenvalue weighted by atomic mass is 19.4. The lowest BCUT2D eigenvalue weighted by molar-refractivity contribution is -0.137. The zero-order valence-corrected chi connectivity index (χ0v) is 15.6. The second-order valence-corrected chi connectivity index (χ2v) is 6.50. The number of primary amides is 1. The average molecular weight is 413 g/mol. The molecule has 154 valence electrons. The van der Waals surface area contributed by atoms with Gasteiger partial charge in [-0.15, -0.1) is 0 Å². The standard InChI is InChI=1S/C22H18F3N3O2/c23-22(24,25)16-7-4-8-18(13-16)28-21(30)19(14-5-2-1-3-6-14)27-17-11-9-15(10-12-17)20(26)29/h1-13,19,27H,(H2,26,29)(H,28,30)/t19-/m1/s1. The predicted octanol–water partition coefficient (Wildman–Crippen LogP) is 4.60. The summed E-state index contributed by atoms with van der Waals surface area (Å²) >= 11 is 0. The molecule has 0 aliphatic rings. The smallest absolute Gasteiger partial charge is 0.370 e. The normalized spacial score (nSPS) is 12.1. The van der Waals surface area contributed by atoms with E-state index in [9.17, 15) is 22.8 Å². The molecule has 3 aromatic carbocycles. The van der Waals surface area contributed by atoms with Crippen molar-refractivity contribution in [2.24, 2.45) is 5.73 Å². The Morgan fingerprint density at radius 1 is 0.833 bits per heavy atom. The minimum Gasteiger partial charge on any atom is -0.370 e. The molecule has 0 aliphatic heterocycles. The molecule has 0 heterocycles. The number of nitrogens with two attached hydrogens (primary N) is 1. The first-order valence-corrected chi connectivity index (χ1v) is 8.93.